The van der Waals surface area contributed by atoms with Crippen molar-refractivity contribution in [1.29, 1.82) is 0 Å². The Hall–Kier alpha value is -1.62. The Morgan fingerprint density at radius 1 is 0.371 bits per heavy atom. The highest BCUT2D eigenvalue weighted by Gasteiger charge is 2.16. The van der Waals surface area contributed by atoms with Gasteiger partial charge in [0, 0.05) is 12.8 Å². The van der Waals surface area contributed by atoms with Gasteiger partial charge in [-0.2, -0.15) is 0 Å². The SMILES string of the molecule is CCCCC/C=C\C/C=C\CCCCCCCCCCCC(=O)OC(CO)COC(=O)CCCCCCCCCCCCCCCCCCCCCCCCCCCCCCC. The van der Waals surface area contributed by atoms with Crippen molar-refractivity contribution in [3.8, 4) is 0 Å². The summed E-state index contributed by atoms with van der Waals surface area (Å²) in [5, 5.41) is 9.64. The van der Waals surface area contributed by atoms with Gasteiger partial charge in [-0.05, 0) is 44.9 Å². The van der Waals surface area contributed by atoms with E-state index in [9.17, 15) is 14.7 Å². The quantitative estimate of drug-likeness (QED) is 0.0374. The zero-order valence-electron chi connectivity index (χ0n) is 41.9. The molecule has 0 aromatic carbocycles. The van der Waals surface area contributed by atoms with E-state index in [4.69, 9.17) is 9.47 Å². The van der Waals surface area contributed by atoms with Crippen LogP contribution in [0.4, 0.5) is 0 Å². The van der Waals surface area contributed by atoms with Crippen molar-refractivity contribution in [1.82, 2.24) is 0 Å². The highest BCUT2D eigenvalue weighted by atomic mass is 16.6. The molecular weight excluding hydrogens is 765 g/mol. The van der Waals surface area contributed by atoms with Crippen LogP contribution in [0.2, 0.25) is 0 Å². The van der Waals surface area contributed by atoms with Crippen molar-refractivity contribution in [2.45, 2.75) is 315 Å². The molecule has 0 radical (unpaired) electrons. The third kappa shape index (κ3) is 51.0. The monoisotopic (exact) mass is 873 g/mol. The number of rotatable bonds is 52. The molecule has 0 heterocycles. The molecule has 1 atom stereocenters. The molecule has 0 aromatic heterocycles. The number of allylic oxidation sites excluding steroid dienone is 4. The molecule has 0 aromatic rings. The predicted octanol–water partition coefficient (Wildman–Crippen LogP) is 18.5. The molecule has 5 nitrogen and oxygen atoms in total. The number of ether oxygens (including phenoxy) is 2. The van der Waals surface area contributed by atoms with Gasteiger partial charge >= 0.3 is 11.9 Å². The summed E-state index contributed by atoms with van der Waals surface area (Å²) in [6.07, 6.45) is 67.3. The van der Waals surface area contributed by atoms with Crippen molar-refractivity contribution in [3.63, 3.8) is 0 Å². The van der Waals surface area contributed by atoms with Gasteiger partial charge in [-0.1, -0.05) is 276 Å². The summed E-state index contributed by atoms with van der Waals surface area (Å²) in [4.78, 5) is 24.5. The molecule has 1 N–H and O–H groups in total. The third-order valence-electron chi connectivity index (χ3n) is 12.7. The van der Waals surface area contributed by atoms with Crippen LogP contribution >= 0.6 is 0 Å². The van der Waals surface area contributed by atoms with Crippen LogP contribution in [-0.4, -0.2) is 36.4 Å². The molecule has 0 aliphatic rings. The first kappa shape index (κ1) is 60.4. The number of hydrogen-bond donors (Lipinski definition) is 1. The van der Waals surface area contributed by atoms with Gasteiger partial charge in [0.1, 0.15) is 6.61 Å². The molecule has 0 fully saturated rings. The minimum Gasteiger partial charge on any atom is -0.462 e. The number of carbonyl (C=O) groups is 2. The summed E-state index contributed by atoms with van der Waals surface area (Å²) in [7, 11) is 0. The Bertz CT molecular complexity index is 943. The molecule has 0 aliphatic heterocycles. The first-order valence-corrected chi connectivity index (χ1v) is 27.9. The molecule has 0 rings (SSSR count). The lowest BCUT2D eigenvalue weighted by Gasteiger charge is -2.15. The molecule has 0 aliphatic carbocycles. The number of esters is 2. The minimum atomic E-state index is -0.771. The van der Waals surface area contributed by atoms with Crippen LogP contribution in [0.1, 0.15) is 309 Å². The fourth-order valence-corrected chi connectivity index (χ4v) is 8.53. The Kier molecular flexibility index (Phi) is 52.3. The Morgan fingerprint density at radius 2 is 0.645 bits per heavy atom. The number of aliphatic hydroxyl groups excluding tert-OH is 1. The average molecular weight is 873 g/mol. The Labute approximate surface area is 387 Å². The summed E-state index contributed by atoms with van der Waals surface area (Å²) in [5.74, 6) is -0.578. The van der Waals surface area contributed by atoms with Crippen LogP contribution in [0.5, 0.6) is 0 Å². The van der Waals surface area contributed by atoms with Crippen LogP contribution in [0.15, 0.2) is 24.3 Å². The van der Waals surface area contributed by atoms with E-state index in [2.05, 4.69) is 38.2 Å². The molecule has 5 heteroatoms. The van der Waals surface area contributed by atoms with Gasteiger partial charge < -0.3 is 14.6 Å². The number of aliphatic hydroxyl groups is 1. The lowest BCUT2D eigenvalue weighted by molar-refractivity contribution is -0.161. The molecule has 0 amide bonds. The summed E-state index contributed by atoms with van der Waals surface area (Å²) in [6, 6.07) is 0. The van der Waals surface area contributed by atoms with Crippen LogP contribution in [0, 0.1) is 0 Å². The van der Waals surface area contributed by atoms with E-state index in [-0.39, 0.29) is 25.2 Å². The number of unbranched alkanes of at least 4 members (excludes halogenated alkanes) is 40. The fraction of sp³-hybridized carbons (Fsp3) is 0.895. The number of hydrogen-bond acceptors (Lipinski definition) is 5. The van der Waals surface area contributed by atoms with Gasteiger partial charge in [0.2, 0.25) is 0 Å². The van der Waals surface area contributed by atoms with E-state index >= 15 is 0 Å². The van der Waals surface area contributed by atoms with Gasteiger partial charge in [0.15, 0.2) is 6.10 Å². The third-order valence-corrected chi connectivity index (χ3v) is 12.7. The molecular formula is C57H108O5. The van der Waals surface area contributed by atoms with Crippen molar-refractivity contribution in [2.24, 2.45) is 0 Å². The predicted molar refractivity (Wildman–Crippen MR) is 270 cm³/mol. The van der Waals surface area contributed by atoms with Gasteiger partial charge in [-0.3, -0.25) is 9.59 Å². The Morgan fingerprint density at radius 3 is 0.984 bits per heavy atom. The topological polar surface area (TPSA) is 72.8 Å². The lowest BCUT2D eigenvalue weighted by atomic mass is 10.0. The van der Waals surface area contributed by atoms with Gasteiger partial charge in [0.25, 0.3) is 0 Å². The van der Waals surface area contributed by atoms with Crippen molar-refractivity contribution < 1.29 is 24.2 Å². The van der Waals surface area contributed by atoms with E-state index in [0.717, 1.165) is 38.5 Å². The summed E-state index contributed by atoms with van der Waals surface area (Å²) >= 11 is 0. The average Bonchev–Trinajstić information content (AvgIpc) is 3.28. The van der Waals surface area contributed by atoms with Gasteiger partial charge in [0.05, 0.1) is 6.61 Å². The fourth-order valence-electron chi connectivity index (χ4n) is 8.53. The van der Waals surface area contributed by atoms with Crippen LogP contribution in [0.25, 0.3) is 0 Å². The smallest absolute Gasteiger partial charge is 0.306 e. The maximum atomic E-state index is 12.3. The number of carbonyl (C=O) groups excluding carboxylic acids is 2. The summed E-state index contributed by atoms with van der Waals surface area (Å²) < 4.78 is 10.7. The molecule has 62 heavy (non-hydrogen) atoms. The van der Waals surface area contributed by atoms with E-state index in [1.54, 1.807) is 0 Å². The summed E-state index contributed by atoms with van der Waals surface area (Å²) in [5.41, 5.74) is 0. The van der Waals surface area contributed by atoms with Crippen LogP contribution in [0.3, 0.4) is 0 Å². The van der Waals surface area contributed by atoms with Crippen molar-refractivity contribution in [3.05, 3.63) is 24.3 Å². The Balaban J connectivity index is 3.41. The second-order valence-corrected chi connectivity index (χ2v) is 19.0. The first-order valence-electron chi connectivity index (χ1n) is 27.9. The van der Waals surface area contributed by atoms with E-state index in [1.807, 2.05) is 0 Å². The second kappa shape index (κ2) is 53.7. The maximum absolute atomic E-state index is 12.3. The van der Waals surface area contributed by atoms with Crippen molar-refractivity contribution in [2.75, 3.05) is 13.2 Å². The standard InChI is InChI=1S/C57H108O5/c1-3-5-7-9-11-13-15-17-19-21-23-24-25-26-27-28-29-30-31-32-34-35-37-39-41-43-45-47-49-51-56(59)61-54-55(53-58)62-57(60)52-50-48-46-44-42-40-38-36-33-22-20-18-16-14-12-10-8-6-4-2/h12,14,18,20,55,58H,3-11,13,15-17,19,21-54H2,1-2H3/b14-12-,20-18-. The molecule has 0 bridgehead atoms. The molecule has 0 saturated carbocycles. The molecule has 1 unspecified atom stereocenters. The lowest BCUT2D eigenvalue weighted by Crippen LogP contribution is -2.28. The molecule has 0 spiro atoms. The normalized spacial score (nSPS) is 12.2. The van der Waals surface area contributed by atoms with Gasteiger partial charge in [-0.25, -0.2) is 0 Å². The van der Waals surface area contributed by atoms with Gasteiger partial charge in [-0.15, -0.1) is 0 Å². The van der Waals surface area contributed by atoms with E-state index in [1.165, 1.54) is 244 Å². The van der Waals surface area contributed by atoms with Crippen molar-refractivity contribution >= 4 is 11.9 Å². The van der Waals surface area contributed by atoms with Crippen LogP contribution < -0.4 is 0 Å². The summed E-state index contributed by atoms with van der Waals surface area (Å²) in [6.45, 7) is 4.16. The van der Waals surface area contributed by atoms with E-state index in [0.29, 0.717) is 12.8 Å². The van der Waals surface area contributed by atoms with E-state index < -0.39 is 6.10 Å². The largest absolute Gasteiger partial charge is 0.462 e. The highest BCUT2D eigenvalue weighted by Crippen LogP contribution is 2.17. The zero-order valence-corrected chi connectivity index (χ0v) is 41.9. The highest BCUT2D eigenvalue weighted by molar-refractivity contribution is 5.70. The second-order valence-electron chi connectivity index (χ2n) is 19.0. The molecule has 366 valence electrons. The first-order chi connectivity index (χ1) is 30.6. The molecule has 0 saturated heterocycles. The maximum Gasteiger partial charge on any atom is 0.306 e. The van der Waals surface area contributed by atoms with Crippen LogP contribution in [-0.2, 0) is 19.1 Å². The minimum absolute atomic E-state index is 0.0620. The zero-order chi connectivity index (χ0) is 44.9.